The Balaban J connectivity index is 2.37. The minimum absolute atomic E-state index is 0.182. The third-order valence-electron chi connectivity index (χ3n) is 3.69. The van der Waals surface area contributed by atoms with Gasteiger partial charge in [-0.15, -0.1) is 4.99 Å². The molecule has 2 aliphatic heterocycles. The lowest BCUT2D eigenvalue weighted by Gasteiger charge is -2.18. The number of methoxy groups -OCH3 is 1. The second kappa shape index (κ2) is 5.84. The third kappa shape index (κ3) is 2.64. The fourth-order valence-corrected chi connectivity index (χ4v) is 3.34. The number of hydrogen-bond donors (Lipinski definition) is 2. The number of aliphatic imine (C=N–C) groups is 1. The van der Waals surface area contributed by atoms with Gasteiger partial charge in [0.15, 0.2) is 5.76 Å². The smallest absolute Gasteiger partial charge is 0.422 e. The molecule has 0 aromatic rings. The first-order chi connectivity index (χ1) is 10.2. The van der Waals surface area contributed by atoms with Crippen molar-refractivity contribution in [2.45, 2.75) is 26.1 Å². The van der Waals surface area contributed by atoms with Crippen molar-refractivity contribution in [1.29, 1.82) is 0 Å². The second-order valence-corrected chi connectivity index (χ2v) is 7.80. The van der Waals surface area contributed by atoms with Gasteiger partial charge in [-0.05, 0) is 19.9 Å². The Labute approximate surface area is 133 Å². The Morgan fingerprint density at radius 1 is 1.59 bits per heavy atom. The van der Waals surface area contributed by atoms with Crippen molar-refractivity contribution in [2.24, 2.45) is 10.7 Å². The van der Waals surface area contributed by atoms with Gasteiger partial charge in [0.25, 0.3) is 6.23 Å². The summed E-state index contributed by atoms with van der Waals surface area (Å²) in [5, 5.41) is 0. The van der Waals surface area contributed by atoms with Gasteiger partial charge in [-0.1, -0.05) is 0 Å². The number of urea groups is 1. The van der Waals surface area contributed by atoms with E-state index in [0.29, 0.717) is 11.3 Å². The van der Waals surface area contributed by atoms with Crippen molar-refractivity contribution >= 4 is 30.4 Å². The van der Waals surface area contributed by atoms with Crippen molar-refractivity contribution in [3.63, 3.8) is 0 Å². The minimum Gasteiger partial charge on any atom is -0.422 e. The van der Waals surface area contributed by atoms with E-state index in [9.17, 15) is 9.69 Å². The molecule has 0 saturated carbocycles. The molecular formula is C12H19N3O5PS+. The summed E-state index contributed by atoms with van der Waals surface area (Å²) < 4.78 is 15.4. The first-order valence-corrected chi connectivity index (χ1v) is 9.06. The number of amidine groups is 1. The van der Waals surface area contributed by atoms with Crippen molar-refractivity contribution in [3.8, 4) is 0 Å². The van der Waals surface area contributed by atoms with Crippen LogP contribution in [0.3, 0.4) is 0 Å². The molecule has 4 unspecified atom stereocenters. The molecule has 22 heavy (non-hydrogen) atoms. The molecule has 2 aliphatic rings. The molecule has 1 spiro atoms. The molecule has 0 aromatic carbocycles. The van der Waals surface area contributed by atoms with Gasteiger partial charge in [0.1, 0.15) is 12.0 Å². The standard InChI is InChI=1S/C12H18N3O5PS/c1-5-8(20-21(17,22)19-4)9-11(18-3)15(9)6-7(2)10(13)14-12(15)16/h5-6,9,11H,1-4H3,(H2-,13,14,16,17,22)/p+1. The Hall–Kier alpha value is -1.09. The van der Waals surface area contributed by atoms with Gasteiger partial charge in [-0.3, -0.25) is 0 Å². The number of amides is 2. The fraction of sp³-hybridized carbons (Fsp3) is 0.500. The summed E-state index contributed by atoms with van der Waals surface area (Å²) in [4.78, 5) is 26.1. The maximum absolute atomic E-state index is 12.4. The van der Waals surface area contributed by atoms with E-state index in [0.717, 1.165) is 0 Å². The Morgan fingerprint density at radius 2 is 2.23 bits per heavy atom. The molecule has 1 saturated heterocycles. The normalized spacial score (nSPS) is 34.0. The predicted molar refractivity (Wildman–Crippen MR) is 84.0 cm³/mol. The Kier molecular flexibility index (Phi) is 4.59. The molecular weight excluding hydrogens is 329 g/mol. The minimum atomic E-state index is -3.40. The topological polar surface area (TPSA) is 103 Å². The monoisotopic (exact) mass is 348 g/mol. The summed E-state index contributed by atoms with van der Waals surface area (Å²) in [6, 6.07) is -0.939. The highest BCUT2D eigenvalue weighted by Gasteiger charge is 2.76. The number of nitrogens with zero attached hydrogens (tertiary/aromatic N) is 2. The number of carbonyl (C=O) groups excluding carboxylic acids is 1. The highest BCUT2D eigenvalue weighted by molar-refractivity contribution is 8.07. The first kappa shape index (κ1) is 17.3. The summed E-state index contributed by atoms with van der Waals surface area (Å²) in [5.74, 6) is 0.508. The lowest BCUT2D eigenvalue weighted by molar-refractivity contribution is -0.697. The summed E-state index contributed by atoms with van der Waals surface area (Å²) in [6.45, 7) is 0.0669. The molecule has 2 rings (SSSR count). The zero-order valence-corrected chi connectivity index (χ0v) is 14.4. The van der Waals surface area contributed by atoms with E-state index in [-0.39, 0.29) is 10.3 Å². The molecule has 0 bridgehead atoms. The van der Waals surface area contributed by atoms with Crippen LogP contribution in [0.15, 0.2) is 28.6 Å². The zero-order valence-electron chi connectivity index (χ0n) is 12.7. The molecule has 4 atom stereocenters. The van der Waals surface area contributed by atoms with E-state index in [1.165, 1.54) is 14.2 Å². The lowest BCUT2D eigenvalue weighted by Crippen LogP contribution is -2.37. The number of quaternary nitrogens is 1. The molecule has 8 nitrogen and oxygen atoms in total. The van der Waals surface area contributed by atoms with Crippen LogP contribution in [-0.4, -0.2) is 47.7 Å². The Bertz CT molecular complexity index is 647. The summed E-state index contributed by atoms with van der Waals surface area (Å²) in [7, 11) is 2.75. The van der Waals surface area contributed by atoms with Gasteiger partial charge < -0.3 is 24.4 Å². The van der Waals surface area contributed by atoms with Crippen LogP contribution < -0.4 is 5.73 Å². The van der Waals surface area contributed by atoms with E-state index in [2.05, 4.69) is 4.99 Å². The van der Waals surface area contributed by atoms with Crippen LogP contribution in [-0.2, 0) is 25.6 Å². The van der Waals surface area contributed by atoms with E-state index < -0.39 is 25.0 Å². The molecule has 2 heterocycles. The third-order valence-corrected chi connectivity index (χ3v) is 5.26. The van der Waals surface area contributed by atoms with Crippen LogP contribution in [0.1, 0.15) is 13.8 Å². The number of ether oxygens (including phenoxy) is 1. The fourth-order valence-electron chi connectivity index (χ4n) is 2.53. The van der Waals surface area contributed by atoms with Gasteiger partial charge in [0.05, 0.1) is 0 Å². The number of hydrogen-bond acceptors (Lipinski definition) is 6. The number of allylic oxidation sites excluding steroid dienone is 1. The number of carbonyl (C=O) groups is 1. The first-order valence-electron chi connectivity index (χ1n) is 6.47. The van der Waals surface area contributed by atoms with Crippen molar-refractivity contribution in [3.05, 3.63) is 23.6 Å². The highest BCUT2D eigenvalue weighted by atomic mass is 32.5. The molecule has 3 N–H and O–H groups in total. The van der Waals surface area contributed by atoms with Crippen LogP contribution >= 0.6 is 6.72 Å². The van der Waals surface area contributed by atoms with Crippen molar-refractivity contribution in [1.82, 2.24) is 0 Å². The van der Waals surface area contributed by atoms with Crippen LogP contribution in [0.25, 0.3) is 0 Å². The number of nitrogens with two attached hydrogens (primary N) is 1. The summed E-state index contributed by atoms with van der Waals surface area (Å²) in [5.41, 5.74) is 6.35. The van der Waals surface area contributed by atoms with Crippen LogP contribution in [0.4, 0.5) is 4.79 Å². The molecule has 0 aromatic heterocycles. The molecule has 0 radical (unpaired) electrons. The van der Waals surface area contributed by atoms with Crippen LogP contribution in [0, 0.1) is 0 Å². The largest absolute Gasteiger partial charge is 0.452 e. The van der Waals surface area contributed by atoms with E-state index in [1.807, 2.05) is 0 Å². The zero-order chi connectivity index (χ0) is 16.7. The Morgan fingerprint density at radius 3 is 2.73 bits per heavy atom. The van der Waals surface area contributed by atoms with Crippen molar-refractivity contribution in [2.75, 3.05) is 14.2 Å². The second-order valence-electron chi connectivity index (χ2n) is 4.93. The maximum atomic E-state index is 12.4. The van der Waals surface area contributed by atoms with Crippen LogP contribution in [0.2, 0.25) is 0 Å². The quantitative estimate of drug-likeness (QED) is 0.334. The van der Waals surface area contributed by atoms with Gasteiger partial charge >= 0.3 is 12.7 Å². The van der Waals surface area contributed by atoms with Crippen LogP contribution in [0.5, 0.6) is 0 Å². The molecule has 2 amide bonds. The van der Waals surface area contributed by atoms with E-state index in [4.69, 9.17) is 31.3 Å². The van der Waals surface area contributed by atoms with Gasteiger partial charge in [-0.25, -0.2) is 4.79 Å². The average molecular weight is 348 g/mol. The summed E-state index contributed by atoms with van der Waals surface area (Å²) in [6.07, 6.45) is 2.79. The average Bonchev–Trinajstić information content (AvgIpc) is 3.11. The van der Waals surface area contributed by atoms with Gasteiger partial charge in [-0.2, -0.15) is 4.48 Å². The maximum Gasteiger partial charge on any atom is 0.452 e. The molecule has 0 aliphatic carbocycles. The molecule has 122 valence electrons. The van der Waals surface area contributed by atoms with E-state index in [1.54, 1.807) is 26.1 Å². The SMILES string of the molecule is CC=C(OP(O)(=S)OC)C1C(OC)[N+]12C=C(C)C(N)=NC2=O. The number of rotatable bonds is 5. The molecule has 10 heteroatoms. The van der Waals surface area contributed by atoms with Gasteiger partial charge in [0.2, 0.25) is 6.04 Å². The predicted octanol–water partition coefficient (Wildman–Crippen LogP) is 1.34. The van der Waals surface area contributed by atoms with Gasteiger partial charge in [0, 0.05) is 31.6 Å². The molecule has 1 fully saturated rings. The van der Waals surface area contributed by atoms with Crippen molar-refractivity contribution < 1.29 is 28.0 Å². The lowest BCUT2D eigenvalue weighted by atomic mass is 10.2. The van der Waals surface area contributed by atoms with E-state index >= 15 is 0 Å². The summed E-state index contributed by atoms with van der Waals surface area (Å²) >= 11 is 4.86. The highest BCUT2D eigenvalue weighted by Crippen LogP contribution is 2.54.